The quantitative estimate of drug-likeness (QED) is 0.189. The van der Waals surface area contributed by atoms with E-state index in [9.17, 15) is 0 Å². The molecule has 1 atom stereocenters. The Bertz CT molecular complexity index is 3810. The molecular formula is C55H34N4OS. The van der Waals surface area contributed by atoms with Gasteiger partial charge in [-0.15, -0.1) is 11.3 Å². The monoisotopic (exact) mass is 798 g/mol. The summed E-state index contributed by atoms with van der Waals surface area (Å²) in [6.07, 6.45) is -0.427. The van der Waals surface area contributed by atoms with Crippen LogP contribution in [0.2, 0.25) is 0 Å². The summed E-state index contributed by atoms with van der Waals surface area (Å²) in [7, 11) is 0. The minimum Gasteiger partial charge on any atom is -0.455 e. The van der Waals surface area contributed by atoms with Crippen molar-refractivity contribution < 1.29 is 4.42 Å². The van der Waals surface area contributed by atoms with Crippen LogP contribution < -0.4 is 5.32 Å². The first kappa shape index (κ1) is 34.1. The lowest BCUT2D eigenvalue weighted by Crippen LogP contribution is -2.33. The van der Waals surface area contributed by atoms with Crippen LogP contribution in [-0.4, -0.2) is 16.2 Å². The first-order valence-corrected chi connectivity index (χ1v) is 21.4. The molecule has 0 fully saturated rings. The van der Waals surface area contributed by atoms with Crippen LogP contribution in [0.1, 0.15) is 22.9 Å². The van der Waals surface area contributed by atoms with Gasteiger partial charge in [0.05, 0.1) is 16.6 Å². The zero-order valence-corrected chi connectivity index (χ0v) is 33.5. The SMILES string of the molecule is c1ccc(-c2cccc(C3N=C(c4ccc5sc6ccccc6c5c4)N=C(c4cc(-n5c6ccccc6c6cc7ccccc7cc65)cc5c4oc4ccccc45)N3)c2)cc1. The summed E-state index contributed by atoms with van der Waals surface area (Å²) >= 11 is 1.81. The fourth-order valence-electron chi connectivity index (χ4n) is 9.32. The van der Waals surface area contributed by atoms with E-state index in [2.05, 4.69) is 192 Å². The van der Waals surface area contributed by atoms with Gasteiger partial charge in [-0.1, -0.05) is 127 Å². The highest BCUT2D eigenvalue weighted by Gasteiger charge is 2.26. The number of benzene rings is 9. The minimum atomic E-state index is -0.427. The molecule has 1 aliphatic rings. The Labute approximate surface area is 354 Å². The molecule has 1 aliphatic heterocycles. The second-order valence-corrected chi connectivity index (χ2v) is 16.9. The van der Waals surface area contributed by atoms with E-state index < -0.39 is 6.17 Å². The number of nitrogens with one attached hydrogen (secondary N) is 1. The number of rotatable bonds is 5. The molecule has 0 spiro atoms. The summed E-state index contributed by atoms with van der Waals surface area (Å²) in [6, 6.07) is 69.2. The highest BCUT2D eigenvalue weighted by Crippen LogP contribution is 2.40. The Balaban J connectivity index is 1.06. The molecule has 6 heteroatoms. The third kappa shape index (κ3) is 5.46. The largest absolute Gasteiger partial charge is 0.455 e. The molecule has 0 aliphatic carbocycles. The van der Waals surface area contributed by atoms with Gasteiger partial charge in [-0.3, -0.25) is 0 Å². The predicted octanol–water partition coefficient (Wildman–Crippen LogP) is 14.4. The number of fused-ring (bicyclic) bond motifs is 10. The number of hydrogen-bond acceptors (Lipinski definition) is 5. The lowest BCUT2D eigenvalue weighted by atomic mass is 10.0. The number of thiophene rings is 1. The van der Waals surface area contributed by atoms with Crippen LogP contribution in [0.4, 0.5) is 0 Å². The minimum absolute atomic E-state index is 0.427. The van der Waals surface area contributed by atoms with Gasteiger partial charge >= 0.3 is 0 Å². The lowest BCUT2D eigenvalue weighted by Gasteiger charge is -2.24. The number of aliphatic imine (C=N–C) groups is 2. The van der Waals surface area contributed by atoms with Gasteiger partial charge in [0.1, 0.15) is 23.2 Å². The van der Waals surface area contributed by atoms with Crippen LogP contribution in [0.15, 0.2) is 209 Å². The average molecular weight is 799 g/mol. The first-order chi connectivity index (χ1) is 30.2. The smallest absolute Gasteiger partial charge is 0.159 e. The normalized spacial score (nSPS) is 14.4. The highest BCUT2D eigenvalue weighted by molar-refractivity contribution is 7.25. The number of amidine groups is 2. The van der Waals surface area contributed by atoms with Gasteiger partial charge < -0.3 is 14.3 Å². The molecule has 1 unspecified atom stereocenters. The van der Waals surface area contributed by atoms with E-state index in [1.54, 1.807) is 0 Å². The second kappa shape index (κ2) is 13.4. The number of nitrogens with zero attached hydrogens (tertiary/aromatic N) is 3. The highest BCUT2D eigenvalue weighted by atomic mass is 32.1. The fourth-order valence-corrected chi connectivity index (χ4v) is 10.4. The summed E-state index contributed by atoms with van der Waals surface area (Å²) in [4.78, 5) is 10.8. The van der Waals surface area contributed by atoms with E-state index in [4.69, 9.17) is 14.4 Å². The van der Waals surface area contributed by atoms with Crippen molar-refractivity contribution >= 4 is 97.7 Å². The van der Waals surface area contributed by atoms with Crippen LogP contribution in [-0.2, 0) is 0 Å². The van der Waals surface area contributed by atoms with Gasteiger partial charge in [-0.2, -0.15) is 0 Å². The number of hydrogen-bond donors (Lipinski definition) is 1. The Morgan fingerprint density at radius 3 is 2.13 bits per heavy atom. The van der Waals surface area contributed by atoms with Crippen molar-refractivity contribution in [3.8, 4) is 16.8 Å². The van der Waals surface area contributed by atoms with Crippen molar-refractivity contribution in [2.75, 3.05) is 0 Å². The van der Waals surface area contributed by atoms with Crippen LogP contribution in [0, 0.1) is 0 Å². The van der Waals surface area contributed by atoms with Gasteiger partial charge in [-0.25, -0.2) is 9.98 Å². The summed E-state index contributed by atoms with van der Waals surface area (Å²) in [6.45, 7) is 0. The fraction of sp³-hybridized carbons (Fsp3) is 0.0182. The van der Waals surface area contributed by atoms with E-state index in [1.165, 1.54) is 41.7 Å². The topological polar surface area (TPSA) is 54.8 Å². The Hall–Kier alpha value is -7.80. The Kier molecular flexibility index (Phi) is 7.47. The van der Waals surface area contributed by atoms with Gasteiger partial charge in [0, 0.05) is 53.0 Å². The van der Waals surface area contributed by atoms with Gasteiger partial charge in [-0.05, 0) is 94.2 Å². The molecule has 0 bridgehead atoms. The van der Waals surface area contributed by atoms with Crippen molar-refractivity contribution in [2.24, 2.45) is 9.98 Å². The number of aromatic nitrogens is 1. The maximum Gasteiger partial charge on any atom is 0.159 e. The van der Waals surface area contributed by atoms with Gasteiger partial charge in [0.15, 0.2) is 5.84 Å². The van der Waals surface area contributed by atoms with Crippen LogP contribution in [0.3, 0.4) is 0 Å². The van der Waals surface area contributed by atoms with Crippen molar-refractivity contribution in [1.82, 2.24) is 9.88 Å². The van der Waals surface area contributed by atoms with E-state index in [-0.39, 0.29) is 0 Å². The summed E-state index contributed by atoms with van der Waals surface area (Å²) in [5.41, 5.74) is 10.1. The molecule has 1 N–H and O–H groups in total. The zero-order chi connectivity index (χ0) is 40.0. The maximum atomic E-state index is 6.83. The molecule has 0 amide bonds. The molecule has 4 heterocycles. The number of furan rings is 1. The first-order valence-electron chi connectivity index (χ1n) is 20.6. The van der Waals surface area contributed by atoms with Crippen molar-refractivity contribution in [1.29, 1.82) is 0 Å². The third-order valence-corrected chi connectivity index (χ3v) is 13.4. The van der Waals surface area contributed by atoms with E-state index in [0.29, 0.717) is 11.7 Å². The molecule has 12 aromatic rings. The van der Waals surface area contributed by atoms with E-state index >= 15 is 0 Å². The maximum absolute atomic E-state index is 6.83. The van der Waals surface area contributed by atoms with E-state index in [0.717, 1.165) is 66.5 Å². The molecule has 0 saturated carbocycles. The summed E-state index contributed by atoms with van der Waals surface area (Å²) in [5.74, 6) is 1.37. The molecule has 0 saturated heterocycles. The summed E-state index contributed by atoms with van der Waals surface area (Å²) < 4.78 is 11.7. The van der Waals surface area contributed by atoms with E-state index in [1.807, 2.05) is 23.5 Å². The van der Waals surface area contributed by atoms with Crippen molar-refractivity contribution in [3.63, 3.8) is 0 Å². The molecule has 9 aromatic carbocycles. The third-order valence-electron chi connectivity index (χ3n) is 12.2. The van der Waals surface area contributed by atoms with Crippen LogP contribution >= 0.6 is 11.3 Å². The van der Waals surface area contributed by atoms with Crippen LogP contribution in [0.5, 0.6) is 0 Å². The molecule has 286 valence electrons. The standard InChI is InChI=1S/C55H34N4OS/c1-2-13-33(14-3-1)34-17-12-18-37(27-34)53-56-54(38-25-26-51-44(29-38)42-21-8-11-24-50(42)61-51)58-55(57-53)46-32-39(31-45-41-20-7-10-23-49(41)60-52(45)46)59-47-22-9-6-19-40(47)43-28-35-15-4-5-16-36(35)30-48(43)59/h1-32,53H,(H,56,57,58). The lowest BCUT2D eigenvalue weighted by molar-refractivity contribution is 0.659. The predicted molar refractivity (Wildman–Crippen MR) is 256 cm³/mol. The Morgan fingerprint density at radius 2 is 1.23 bits per heavy atom. The number of para-hydroxylation sites is 2. The molecule has 61 heavy (non-hydrogen) atoms. The molecule has 0 radical (unpaired) electrons. The Morgan fingerprint density at radius 1 is 0.492 bits per heavy atom. The van der Waals surface area contributed by atoms with Crippen molar-refractivity contribution in [3.05, 3.63) is 211 Å². The van der Waals surface area contributed by atoms with Gasteiger partial charge in [0.2, 0.25) is 0 Å². The average Bonchev–Trinajstić information content (AvgIpc) is 4.00. The van der Waals surface area contributed by atoms with Crippen LogP contribution in [0.25, 0.3) is 91.5 Å². The molecule has 3 aromatic heterocycles. The second-order valence-electron chi connectivity index (χ2n) is 15.8. The molecule has 5 nitrogen and oxygen atoms in total. The molecule has 13 rings (SSSR count). The summed E-state index contributed by atoms with van der Waals surface area (Å²) in [5, 5.41) is 13.2. The molecular weight excluding hydrogens is 765 g/mol. The van der Waals surface area contributed by atoms with Crippen molar-refractivity contribution in [2.45, 2.75) is 6.17 Å². The van der Waals surface area contributed by atoms with Gasteiger partial charge in [0.25, 0.3) is 0 Å². The zero-order valence-electron chi connectivity index (χ0n) is 32.7.